The molecule has 5 heteroatoms. The van der Waals surface area contributed by atoms with Gasteiger partial charge in [0.2, 0.25) is 0 Å². The van der Waals surface area contributed by atoms with E-state index in [0.717, 1.165) is 12.8 Å². The molecule has 12 heavy (non-hydrogen) atoms. The highest BCUT2D eigenvalue weighted by Gasteiger charge is 2.07. The Hall–Kier alpha value is -0.130. The van der Waals surface area contributed by atoms with E-state index in [4.69, 9.17) is 0 Å². The molecule has 0 aromatic heterocycles. The van der Waals surface area contributed by atoms with Gasteiger partial charge in [-0.05, 0) is 20.0 Å². The van der Waals surface area contributed by atoms with E-state index in [9.17, 15) is 8.42 Å². The van der Waals surface area contributed by atoms with Gasteiger partial charge in [-0.2, -0.15) is 8.42 Å². The molecule has 0 spiro atoms. The van der Waals surface area contributed by atoms with E-state index in [1.54, 1.807) is 0 Å². The SMILES string of the molecule is C[C@H](COS(C)(=O)=O)CN(C)C. The lowest BCUT2D eigenvalue weighted by atomic mass is 10.2. The molecule has 0 rings (SSSR count). The van der Waals surface area contributed by atoms with E-state index >= 15 is 0 Å². The fraction of sp³-hybridized carbons (Fsp3) is 1.00. The van der Waals surface area contributed by atoms with E-state index in [0.29, 0.717) is 0 Å². The standard InChI is InChI=1S/C7H17NO3S/c1-7(5-8(2)3)6-11-12(4,9)10/h7H,5-6H2,1-4H3/t7-/m0/s1. The van der Waals surface area contributed by atoms with Gasteiger partial charge in [0.05, 0.1) is 12.9 Å². The Morgan fingerprint density at radius 1 is 1.42 bits per heavy atom. The molecule has 4 nitrogen and oxygen atoms in total. The number of rotatable bonds is 5. The number of nitrogens with zero attached hydrogens (tertiary/aromatic N) is 1. The first kappa shape index (κ1) is 11.9. The Balaban J connectivity index is 3.65. The average Bonchev–Trinajstić information content (AvgIpc) is 1.80. The van der Waals surface area contributed by atoms with Crippen molar-refractivity contribution in [2.45, 2.75) is 6.92 Å². The van der Waals surface area contributed by atoms with E-state index in [2.05, 4.69) is 4.18 Å². The lowest BCUT2D eigenvalue weighted by molar-refractivity contribution is 0.228. The zero-order valence-corrected chi connectivity index (χ0v) is 8.89. The lowest BCUT2D eigenvalue weighted by Crippen LogP contribution is -2.23. The minimum atomic E-state index is -3.27. The monoisotopic (exact) mass is 195 g/mol. The van der Waals surface area contributed by atoms with Gasteiger partial charge in [-0.25, -0.2) is 0 Å². The first-order valence-corrected chi connectivity index (χ1v) is 5.62. The molecular formula is C7H17NO3S. The van der Waals surface area contributed by atoms with Crippen LogP contribution in [0.3, 0.4) is 0 Å². The topological polar surface area (TPSA) is 46.6 Å². The number of hydrogen-bond acceptors (Lipinski definition) is 4. The maximum atomic E-state index is 10.6. The molecule has 0 amide bonds. The summed E-state index contributed by atoms with van der Waals surface area (Å²) in [5.41, 5.74) is 0. The van der Waals surface area contributed by atoms with Gasteiger partial charge in [-0.15, -0.1) is 0 Å². The van der Waals surface area contributed by atoms with Crippen LogP contribution in [0.4, 0.5) is 0 Å². The van der Waals surface area contributed by atoms with Gasteiger partial charge in [-0.3, -0.25) is 4.18 Å². The highest BCUT2D eigenvalue weighted by molar-refractivity contribution is 7.85. The van der Waals surface area contributed by atoms with Crippen molar-refractivity contribution in [2.75, 3.05) is 33.5 Å². The molecule has 74 valence electrons. The molecule has 0 aliphatic rings. The molecule has 0 radical (unpaired) electrons. The zero-order valence-electron chi connectivity index (χ0n) is 8.07. The summed E-state index contributed by atoms with van der Waals surface area (Å²) in [6.45, 7) is 3.04. The summed E-state index contributed by atoms with van der Waals surface area (Å²) < 4.78 is 25.8. The molecule has 0 aromatic rings. The molecule has 0 bridgehead atoms. The fourth-order valence-corrected chi connectivity index (χ4v) is 1.40. The van der Waals surface area contributed by atoms with Crippen LogP contribution in [-0.4, -0.2) is 46.8 Å². The minimum Gasteiger partial charge on any atom is -0.309 e. The van der Waals surface area contributed by atoms with Gasteiger partial charge < -0.3 is 4.90 Å². The second kappa shape index (κ2) is 4.79. The quantitative estimate of drug-likeness (QED) is 0.586. The Bertz CT molecular complexity index is 211. The summed E-state index contributed by atoms with van der Waals surface area (Å²) >= 11 is 0. The molecule has 0 fully saturated rings. The molecule has 0 heterocycles. The van der Waals surface area contributed by atoms with E-state index in [-0.39, 0.29) is 12.5 Å². The van der Waals surface area contributed by atoms with Crippen LogP contribution in [0, 0.1) is 5.92 Å². The third kappa shape index (κ3) is 7.97. The lowest BCUT2D eigenvalue weighted by Gasteiger charge is -2.15. The smallest absolute Gasteiger partial charge is 0.264 e. The van der Waals surface area contributed by atoms with Crippen molar-refractivity contribution in [3.63, 3.8) is 0 Å². The Kier molecular flexibility index (Phi) is 4.74. The van der Waals surface area contributed by atoms with Crippen LogP contribution in [0.25, 0.3) is 0 Å². The van der Waals surface area contributed by atoms with Crippen LogP contribution in [0.2, 0.25) is 0 Å². The van der Waals surface area contributed by atoms with Crippen molar-refractivity contribution in [3.05, 3.63) is 0 Å². The molecule has 0 aromatic carbocycles. The predicted octanol–water partition coefficient (Wildman–Crippen LogP) is 0.160. The Morgan fingerprint density at radius 3 is 2.25 bits per heavy atom. The first-order chi connectivity index (χ1) is 5.31. The molecule has 0 saturated carbocycles. The summed E-state index contributed by atoms with van der Waals surface area (Å²) in [5, 5.41) is 0. The van der Waals surface area contributed by atoms with Crippen molar-refractivity contribution in [1.82, 2.24) is 4.90 Å². The average molecular weight is 195 g/mol. The van der Waals surface area contributed by atoms with Gasteiger partial charge in [0.15, 0.2) is 0 Å². The molecular weight excluding hydrogens is 178 g/mol. The maximum Gasteiger partial charge on any atom is 0.264 e. The molecule has 0 aliphatic heterocycles. The summed E-state index contributed by atoms with van der Waals surface area (Å²) in [5.74, 6) is 0.231. The van der Waals surface area contributed by atoms with Crippen molar-refractivity contribution < 1.29 is 12.6 Å². The second-order valence-electron chi connectivity index (χ2n) is 3.36. The molecule has 0 aliphatic carbocycles. The Morgan fingerprint density at radius 2 is 1.92 bits per heavy atom. The van der Waals surface area contributed by atoms with Crippen LogP contribution < -0.4 is 0 Å². The second-order valence-corrected chi connectivity index (χ2v) is 5.00. The summed E-state index contributed by atoms with van der Waals surface area (Å²) in [6, 6.07) is 0. The van der Waals surface area contributed by atoms with Crippen molar-refractivity contribution >= 4 is 10.1 Å². The number of hydrogen-bond donors (Lipinski definition) is 0. The van der Waals surface area contributed by atoms with Gasteiger partial charge in [-0.1, -0.05) is 6.92 Å². The molecule has 0 N–H and O–H groups in total. The fourth-order valence-electron chi connectivity index (χ4n) is 0.916. The van der Waals surface area contributed by atoms with E-state index in [1.807, 2.05) is 25.9 Å². The molecule has 0 unspecified atom stereocenters. The highest BCUT2D eigenvalue weighted by Crippen LogP contribution is 1.99. The Labute approximate surface area is 74.6 Å². The largest absolute Gasteiger partial charge is 0.309 e. The normalized spacial score (nSPS) is 15.1. The van der Waals surface area contributed by atoms with Crippen LogP contribution in [0.5, 0.6) is 0 Å². The third-order valence-corrected chi connectivity index (χ3v) is 1.81. The van der Waals surface area contributed by atoms with Gasteiger partial charge >= 0.3 is 0 Å². The first-order valence-electron chi connectivity index (χ1n) is 3.80. The van der Waals surface area contributed by atoms with Gasteiger partial charge in [0.1, 0.15) is 0 Å². The van der Waals surface area contributed by atoms with E-state index < -0.39 is 10.1 Å². The summed E-state index contributed by atoms with van der Waals surface area (Å²) in [7, 11) is 0.609. The van der Waals surface area contributed by atoms with Gasteiger partial charge in [0, 0.05) is 6.54 Å². The summed E-state index contributed by atoms with van der Waals surface area (Å²) in [4.78, 5) is 2.00. The maximum absolute atomic E-state index is 10.6. The summed E-state index contributed by atoms with van der Waals surface area (Å²) in [6.07, 6.45) is 1.06. The minimum absolute atomic E-state index is 0.231. The van der Waals surface area contributed by atoms with Crippen LogP contribution in [0.15, 0.2) is 0 Å². The zero-order chi connectivity index (χ0) is 9.78. The highest BCUT2D eigenvalue weighted by atomic mass is 32.2. The third-order valence-electron chi connectivity index (χ3n) is 1.24. The van der Waals surface area contributed by atoms with Gasteiger partial charge in [0.25, 0.3) is 10.1 Å². The van der Waals surface area contributed by atoms with Crippen molar-refractivity contribution in [2.24, 2.45) is 5.92 Å². The van der Waals surface area contributed by atoms with Crippen LogP contribution in [-0.2, 0) is 14.3 Å². The molecule has 0 saturated heterocycles. The molecule has 1 atom stereocenters. The van der Waals surface area contributed by atoms with Crippen LogP contribution >= 0.6 is 0 Å². The van der Waals surface area contributed by atoms with Crippen LogP contribution in [0.1, 0.15) is 6.92 Å². The van der Waals surface area contributed by atoms with Crippen molar-refractivity contribution in [3.8, 4) is 0 Å². The predicted molar refractivity (Wildman–Crippen MR) is 48.5 cm³/mol. The van der Waals surface area contributed by atoms with Crippen molar-refractivity contribution in [1.29, 1.82) is 0 Å². The van der Waals surface area contributed by atoms with E-state index in [1.165, 1.54) is 0 Å².